The molecule has 0 saturated heterocycles. The summed E-state index contributed by atoms with van der Waals surface area (Å²) in [5, 5.41) is 21.8. The summed E-state index contributed by atoms with van der Waals surface area (Å²) in [5.41, 5.74) is 0.437. The summed E-state index contributed by atoms with van der Waals surface area (Å²) in [4.78, 5) is 21.6. The van der Waals surface area contributed by atoms with Crippen LogP contribution >= 0.6 is 0 Å². The molecule has 1 heterocycles. The van der Waals surface area contributed by atoms with Crippen molar-refractivity contribution in [2.24, 2.45) is 0 Å². The summed E-state index contributed by atoms with van der Waals surface area (Å²) >= 11 is 0. The van der Waals surface area contributed by atoms with Gasteiger partial charge < -0.3 is 9.94 Å². The highest BCUT2D eigenvalue weighted by Crippen LogP contribution is 2.12. The van der Waals surface area contributed by atoms with Crippen molar-refractivity contribution in [3.8, 4) is 0 Å². The lowest BCUT2D eigenvalue weighted by Crippen LogP contribution is -2.34. The zero-order valence-electron chi connectivity index (χ0n) is 10.3. The number of carbonyl (C=O) groups is 1. The van der Waals surface area contributed by atoms with Gasteiger partial charge >= 0.3 is 11.7 Å². The standard InChI is InChI=1S/C13H10N2O5/c16-13(12-3-1-2-8-14(12)17)20-9-10-4-6-11(7-5-10)15(18)19/h1-8H,9H2. The van der Waals surface area contributed by atoms with Crippen molar-refractivity contribution < 1.29 is 19.2 Å². The molecule has 0 radical (unpaired) electrons. The zero-order valence-corrected chi connectivity index (χ0v) is 10.3. The molecule has 1 aromatic heterocycles. The van der Waals surface area contributed by atoms with Crippen molar-refractivity contribution in [1.29, 1.82) is 0 Å². The summed E-state index contributed by atoms with van der Waals surface area (Å²) in [6.07, 6.45) is 1.20. The van der Waals surface area contributed by atoms with Crippen LogP contribution in [0.1, 0.15) is 16.1 Å². The second-order valence-electron chi connectivity index (χ2n) is 3.91. The predicted octanol–water partition coefficient (Wildman–Crippen LogP) is 1.59. The van der Waals surface area contributed by atoms with Gasteiger partial charge in [-0.3, -0.25) is 10.1 Å². The van der Waals surface area contributed by atoms with Gasteiger partial charge in [-0.05, 0) is 23.8 Å². The van der Waals surface area contributed by atoms with E-state index in [9.17, 15) is 20.1 Å². The summed E-state index contributed by atoms with van der Waals surface area (Å²) in [6, 6.07) is 10.0. The van der Waals surface area contributed by atoms with Crippen LogP contribution in [0.2, 0.25) is 0 Å². The number of nitro benzene ring substituents is 1. The van der Waals surface area contributed by atoms with E-state index in [0.29, 0.717) is 10.3 Å². The monoisotopic (exact) mass is 274 g/mol. The number of carbonyl (C=O) groups excluding carboxylic acids is 1. The minimum atomic E-state index is -0.751. The van der Waals surface area contributed by atoms with E-state index < -0.39 is 10.9 Å². The molecule has 2 rings (SSSR count). The molecule has 0 unspecified atom stereocenters. The molecule has 0 N–H and O–H groups in total. The molecule has 1 aromatic carbocycles. The number of nitrogens with zero attached hydrogens (tertiary/aromatic N) is 2. The predicted molar refractivity (Wildman–Crippen MR) is 67.6 cm³/mol. The number of non-ortho nitro benzene ring substituents is 1. The first-order chi connectivity index (χ1) is 9.58. The van der Waals surface area contributed by atoms with Gasteiger partial charge in [0.1, 0.15) is 6.61 Å². The van der Waals surface area contributed by atoms with Gasteiger partial charge in [-0.25, -0.2) is 4.79 Å². The van der Waals surface area contributed by atoms with Crippen molar-refractivity contribution in [3.05, 3.63) is 75.2 Å². The summed E-state index contributed by atoms with van der Waals surface area (Å²) in [6.45, 7) is -0.0638. The molecule has 7 nitrogen and oxygen atoms in total. The van der Waals surface area contributed by atoms with Crippen LogP contribution in [0.25, 0.3) is 0 Å². The van der Waals surface area contributed by atoms with Crippen LogP contribution in [0.5, 0.6) is 0 Å². The molecule has 0 atom stereocenters. The van der Waals surface area contributed by atoms with E-state index in [1.807, 2.05) is 0 Å². The highest BCUT2D eigenvalue weighted by molar-refractivity contribution is 5.85. The van der Waals surface area contributed by atoms with Gasteiger partial charge in [-0.15, -0.1) is 0 Å². The fourth-order valence-corrected chi connectivity index (χ4v) is 1.52. The Labute approximate surface area is 113 Å². The van der Waals surface area contributed by atoms with Crippen molar-refractivity contribution in [1.82, 2.24) is 0 Å². The largest absolute Gasteiger partial charge is 0.618 e. The molecule has 0 saturated carbocycles. The second kappa shape index (κ2) is 5.79. The maximum atomic E-state index is 11.7. The van der Waals surface area contributed by atoms with Gasteiger partial charge in [0.05, 0.1) is 4.92 Å². The molecule has 0 aliphatic rings. The molecule has 0 aliphatic carbocycles. The third kappa shape index (κ3) is 3.08. The van der Waals surface area contributed by atoms with Crippen LogP contribution in [0.3, 0.4) is 0 Å². The van der Waals surface area contributed by atoms with Gasteiger partial charge in [0.25, 0.3) is 5.69 Å². The molecule has 0 amide bonds. The van der Waals surface area contributed by atoms with E-state index in [4.69, 9.17) is 4.74 Å². The van der Waals surface area contributed by atoms with Crippen LogP contribution in [-0.2, 0) is 11.3 Å². The van der Waals surface area contributed by atoms with E-state index in [-0.39, 0.29) is 18.0 Å². The topological polar surface area (TPSA) is 96.4 Å². The van der Waals surface area contributed by atoms with Crippen molar-refractivity contribution in [2.45, 2.75) is 6.61 Å². The highest BCUT2D eigenvalue weighted by atomic mass is 16.6. The van der Waals surface area contributed by atoms with Crippen LogP contribution in [0.4, 0.5) is 5.69 Å². The van der Waals surface area contributed by atoms with Crippen LogP contribution in [0.15, 0.2) is 48.7 Å². The number of esters is 1. The van der Waals surface area contributed by atoms with E-state index >= 15 is 0 Å². The molecule has 7 heteroatoms. The van der Waals surface area contributed by atoms with Gasteiger partial charge in [0.2, 0.25) is 0 Å². The molecular weight excluding hydrogens is 264 g/mol. The first-order valence-corrected chi connectivity index (χ1v) is 5.66. The Morgan fingerprint density at radius 2 is 1.90 bits per heavy atom. The summed E-state index contributed by atoms with van der Waals surface area (Å²) in [5.74, 6) is -0.751. The first kappa shape index (κ1) is 13.5. The minimum absolute atomic E-state index is 0.0412. The van der Waals surface area contributed by atoms with Crippen molar-refractivity contribution >= 4 is 11.7 Å². The van der Waals surface area contributed by atoms with Gasteiger partial charge in [-0.2, -0.15) is 4.73 Å². The SMILES string of the molecule is O=C(OCc1ccc([N+](=O)[O-])cc1)c1cccc[n+]1[O-]. The van der Waals surface area contributed by atoms with E-state index in [1.54, 1.807) is 6.07 Å². The van der Waals surface area contributed by atoms with Crippen LogP contribution in [0, 0.1) is 15.3 Å². The normalized spacial score (nSPS) is 10.0. The van der Waals surface area contributed by atoms with Crippen LogP contribution < -0.4 is 4.73 Å². The van der Waals surface area contributed by atoms with Crippen molar-refractivity contribution in [2.75, 3.05) is 0 Å². The molecule has 20 heavy (non-hydrogen) atoms. The molecule has 102 valence electrons. The number of pyridine rings is 1. The average molecular weight is 274 g/mol. The number of nitro groups is 1. The van der Waals surface area contributed by atoms with Crippen LogP contribution in [-0.4, -0.2) is 10.9 Å². The molecule has 0 aliphatic heterocycles. The third-order valence-corrected chi connectivity index (χ3v) is 2.55. The van der Waals surface area contributed by atoms with Gasteiger partial charge in [-0.1, -0.05) is 0 Å². The third-order valence-electron chi connectivity index (χ3n) is 2.55. The average Bonchev–Trinajstić information content (AvgIpc) is 2.45. The Kier molecular flexibility index (Phi) is 3.90. The Bertz CT molecular complexity index is 639. The lowest BCUT2D eigenvalue weighted by molar-refractivity contribution is -0.608. The zero-order chi connectivity index (χ0) is 14.5. The first-order valence-electron chi connectivity index (χ1n) is 5.66. The molecule has 0 bridgehead atoms. The van der Waals surface area contributed by atoms with E-state index in [2.05, 4.69) is 0 Å². The lowest BCUT2D eigenvalue weighted by atomic mass is 10.2. The summed E-state index contributed by atoms with van der Waals surface area (Å²) in [7, 11) is 0. The number of ether oxygens (including phenoxy) is 1. The van der Waals surface area contributed by atoms with Gasteiger partial charge in [0.15, 0.2) is 6.20 Å². The smallest absolute Gasteiger partial charge is 0.405 e. The Morgan fingerprint density at radius 1 is 1.20 bits per heavy atom. The molecule has 0 fully saturated rings. The van der Waals surface area contributed by atoms with E-state index in [0.717, 1.165) is 0 Å². The number of rotatable bonds is 4. The number of benzene rings is 1. The highest BCUT2D eigenvalue weighted by Gasteiger charge is 2.16. The Morgan fingerprint density at radius 3 is 2.50 bits per heavy atom. The minimum Gasteiger partial charge on any atom is -0.618 e. The summed E-state index contributed by atoms with van der Waals surface area (Å²) < 4.78 is 5.38. The second-order valence-corrected chi connectivity index (χ2v) is 3.91. The van der Waals surface area contributed by atoms with Crippen molar-refractivity contribution in [3.63, 3.8) is 0 Å². The molecule has 2 aromatic rings. The lowest BCUT2D eigenvalue weighted by Gasteiger charge is -2.05. The fraction of sp³-hybridized carbons (Fsp3) is 0.0769. The molecular formula is C13H10N2O5. The van der Waals surface area contributed by atoms with Gasteiger partial charge in [0, 0.05) is 24.3 Å². The Hall–Kier alpha value is -2.96. The number of hydrogen-bond donors (Lipinski definition) is 0. The Balaban J connectivity index is 2.00. The fourth-order valence-electron chi connectivity index (χ4n) is 1.52. The van der Waals surface area contributed by atoms with E-state index in [1.165, 1.54) is 42.6 Å². The quantitative estimate of drug-likeness (QED) is 0.277. The maximum Gasteiger partial charge on any atom is 0.405 e. The molecule has 0 spiro atoms. The number of aromatic nitrogens is 1. The number of hydrogen-bond acceptors (Lipinski definition) is 5. The maximum absolute atomic E-state index is 11.7.